The van der Waals surface area contributed by atoms with Crippen LogP contribution in [0.4, 0.5) is 11.4 Å². The second-order valence-corrected chi connectivity index (χ2v) is 12.1. The van der Waals surface area contributed by atoms with Crippen LogP contribution in [0.3, 0.4) is 0 Å². The molecule has 1 aliphatic rings. The summed E-state index contributed by atoms with van der Waals surface area (Å²) in [6.07, 6.45) is 4.76. The molecule has 0 bridgehead atoms. The summed E-state index contributed by atoms with van der Waals surface area (Å²) in [6.45, 7) is 4.68. The first-order valence-electron chi connectivity index (χ1n) is 13.6. The van der Waals surface area contributed by atoms with Gasteiger partial charge in [0.25, 0.3) is 0 Å². The van der Waals surface area contributed by atoms with Gasteiger partial charge in [-0.1, -0.05) is 49.4 Å². The van der Waals surface area contributed by atoms with E-state index >= 15 is 0 Å². The Bertz CT molecular complexity index is 1430. The molecule has 11 heteroatoms. The van der Waals surface area contributed by atoms with E-state index in [-0.39, 0.29) is 28.9 Å². The Balaban J connectivity index is 0.00000462. The number of piperidine rings is 1. The molecule has 41 heavy (non-hydrogen) atoms. The van der Waals surface area contributed by atoms with Crippen LogP contribution in [0.1, 0.15) is 45.2 Å². The van der Waals surface area contributed by atoms with E-state index in [1.165, 1.54) is 13.0 Å². The van der Waals surface area contributed by atoms with Crippen LogP contribution < -0.4 is 15.8 Å². The summed E-state index contributed by atoms with van der Waals surface area (Å²) >= 11 is 0. The summed E-state index contributed by atoms with van der Waals surface area (Å²) in [7, 11) is -4.21. The standard InChI is InChI=1S/C30H37N5O4S.ClH/c1-21-16-18-35(19-17-21)30(37)27(12-6-10-25-15-14-24(31)20-32-25)34-40(38,39)28-13-7-11-26(29(28)33-22(2)36)23-8-4-3-5-9-23;/h3-5,7-9,11,13-15,20-21,27,34H,6,10,12,16-19,31H2,1-2H3,(H,33,36);1H. The fraction of sp³-hybridized carbons (Fsp3) is 0.367. The predicted octanol–water partition coefficient (Wildman–Crippen LogP) is 4.64. The van der Waals surface area contributed by atoms with Gasteiger partial charge < -0.3 is 16.0 Å². The maximum absolute atomic E-state index is 13.9. The number of carbonyl (C=O) groups is 2. The third-order valence-corrected chi connectivity index (χ3v) is 8.68. The van der Waals surface area contributed by atoms with Crippen molar-refractivity contribution in [2.24, 2.45) is 5.92 Å². The molecule has 0 saturated carbocycles. The van der Waals surface area contributed by atoms with E-state index < -0.39 is 22.0 Å². The van der Waals surface area contributed by atoms with E-state index in [9.17, 15) is 18.0 Å². The van der Waals surface area contributed by atoms with Crippen LogP contribution in [0.15, 0.2) is 71.8 Å². The van der Waals surface area contributed by atoms with Crippen molar-refractivity contribution in [3.05, 3.63) is 72.6 Å². The lowest BCUT2D eigenvalue weighted by atomic mass is 9.98. The number of hydrogen-bond donors (Lipinski definition) is 3. The molecule has 0 aliphatic carbocycles. The van der Waals surface area contributed by atoms with Crippen molar-refractivity contribution >= 4 is 45.6 Å². The zero-order chi connectivity index (χ0) is 28.7. The van der Waals surface area contributed by atoms with Gasteiger partial charge in [0.2, 0.25) is 21.8 Å². The minimum Gasteiger partial charge on any atom is -0.397 e. The van der Waals surface area contributed by atoms with Crippen molar-refractivity contribution in [1.29, 1.82) is 0 Å². The molecule has 1 aromatic heterocycles. The number of nitrogens with zero attached hydrogens (tertiary/aromatic N) is 2. The number of benzene rings is 2. The summed E-state index contributed by atoms with van der Waals surface area (Å²) in [4.78, 5) is 31.8. The number of halogens is 1. The first-order valence-corrected chi connectivity index (χ1v) is 15.1. The van der Waals surface area contributed by atoms with Gasteiger partial charge in [0.05, 0.1) is 17.6 Å². The smallest absolute Gasteiger partial charge is 0.243 e. The number of rotatable bonds is 10. The molecule has 2 aromatic carbocycles. The maximum Gasteiger partial charge on any atom is 0.243 e. The average Bonchev–Trinajstić information content (AvgIpc) is 2.94. The number of pyridine rings is 1. The van der Waals surface area contributed by atoms with E-state index in [0.717, 1.165) is 24.1 Å². The molecule has 0 radical (unpaired) electrons. The van der Waals surface area contributed by atoms with Gasteiger partial charge in [0.1, 0.15) is 10.9 Å². The SMILES string of the molecule is CC(=O)Nc1c(-c2ccccc2)cccc1S(=O)(=O)NC(CCCc1ccc(N)cn1)C(=O)N1CCC(C)CC1.Cl. The first kappa shape index (κ1) is 32.0. The Morgan fingerprint density at radius 2 is 1.76 bits per heavy atom. The largest absolute Gasteiger partial charge is 0.397 e. The predicted molar refractivity (Wildman–Crippen MR) is 164 cm³/mol. The van der Waals surface area contributed by atoms with Gasteiger partial charge in [-0.2, -0.15) is 4.72 Å². The number of likely N-dealkylation sites (tertiary alicyclic amines) is 1. The van der Waals surface area contributed by atoms with Crippen LogP contribution >= 0.6 is 12.4 Å². The normalized spacial score (nSPS) is 14.6. The second-order valence-electron chi connectivity index (χ2n) is 10.4. The fourth-order valence-corrected chi connectivity index (χ4v) is 6.33. The Kier molecular flexibility index (Phi) is 11.3. The summed E-state index contributed by atoms with van der Waals surface area (Å²) in [5.41, 5.74) is 8.63. The number of para-hydroxylation sites is 1. The van der Waals surface area contributed by atoms with Crippen LogP contribution in [-0.4, -0.2) is 49.2 Å². The number of carbonyl (C=O) groups excluding carboxylic acids is 2. The Labute approximate surface area is 248 Å². The molecule has 2 amide bonds. The number of nitrogen functional groups attached to an aromatic ring is 1. The minimum absolute atomic E-state index is 0. The number of nitrogens with one attached hydrogen (secondary N) is 2. The van der Waals surface area contributed by atoms with Gasteiger partial charge in [-0.15, -0.1) is 12.4 Å². The van der Waals surface area contributed by atoms with Gasteiger partial charge in [0.15, 0.2) is 0 Å². The number of sulfonamides is 1. The average molecular weight is 600 g/mol. The zero-order valence-corrected chi connectivity index (χ0v) is 25.0. The van der Waals surface area contributed by atoms with E-state index in [1.54, 1.807) is 29.3 Å². The second kappa shape index (κ2) is 14.4. The molecule has 1 atom stereocenters. The summed E-state index contributed by atoms with van der Waals surface area (Å²) < 4.78 is 30.5. The van der Waals surface area contributed by atoms with E-state index in [4.69, 9.17) is 5.73 Å². The highest BCUT2D eigenvalue weighted by molar-refractivity contribution is 7.89. The molecular weight excluding hydrogens is 562 g/mol. The monoisotopic (exact) mass is 599 g/mol. The third kappa shape index (κ3) is 8.51. The van der Waals surface area contributed by atoms with Crippen LogP contribution in [0.5, 0.6) is 0 Å². The number of amides is 2. The maximum atomic E-state index is 13.9. The molecule has 4 rings (SSSR count). The van der Waals surface area contributed by atoms with Gasteiger partial charge in [-0.05, 0) is 61.8 Å². The summed E-state index contributed by atoms with van der Waals surface area (Å²) in [5, 5.41) is 2.71. The van der Waals surface area contributed by atoms with Crippen LogP contribution in [-0.2, 0) is 26.0 Å². The molecule has 3 aromatic rings. The van der Waals surface area contributed by atoms with E-state index in [1.807, 2.05) is 36.4 Å². The van der Waals surface area contributed by atoms with Gasteiger partial charge in [-0.25, -0.2) is 8.42 Å². The lowest BCUT2D eigenvalue weighted by Gasteiger charge is -2.33. The van der Waals surface area contributed by atoms with Crippen molar-refractivity contribution in [2.75, 3.05) is 24.1 Å². The lowest BCUT2D eigenvalue weighted by molar-refractivity contribution is -0.134. The number of hydrogen-bond acceptors (Lipinski definition) is 6. The van der Waals surface area contributed by atoms with Crippen molar-refractivity contribution in [1.82, 2.24) is 14.6 Å². The number of aromatic nitrogens is 1. The quantitative estimate of drug-likeness (QED) is 0.311. The van der Waals surface area contributed by atoms with E-state index in [2.05, 4.69) is 21.9 Å². The molecule has 1 fully saturated rings. The zero-order valence-electron chi connectivity index (χ0n) is 23.4. The van der Waals surface area contributed by atoms with Crippen LogP contribution in [0, 0.1) is 5.92 Å². The van der Waals surface area contributed by atoms with Crippen molar-refractivity contribution in [2.45, 2.75) is 56.9 Å². The lowest BCUT2D eigenvalue weighted by Crippen LogP contribution is -2.50. The fourth-order valence-electron chi connectivity index (χ4n) is 4.92. The van der Waals surface area contributed by atoms with Crippen LogP contribution in [0.25, 0.3) is 11.1 Å². The van der Waals surface area contributed by atoms with Crippen LogP contribution in [0.2, 0.25) is 0 Å². The van der Waals surface area contributed by atoms with Crippen molar-refractivity contribution < 1.29 is 18.0 Å². The Morgan fingerprint density at radius 1 is 1.05 bits per heavy atom. The number of nitrogens with two attached hydrogens (primary N) is 1. The molecular formula is C30H38ClN5O4S. The molecule has 1 unspecified atom stereocenters. The molecule has 4 N–H and O–H groups in total. The highest BCUT2D eigenvalue weighted by Gasteiger charge is 2.32. The number of anilines is 2. The summed E-state index contributed by atoms with van der Waals surface area (Å²) in [5.74, 6) is -0.108. The first-order chi connectivity index (χ1) is 19.1. The molecule has 9 nitrogen and oxygen atoms in total. The van der Waals surface area contributed by atoms with Gasteiger partial charge in [-0.3, -0.25) is 14.6 Å². The highest BCUT2D eigenvalue weighted by atomic mass is 35.5. The molecule has 1 aliphatic heterocycles. The highest BCUT2D eigenvalue weighted by Crippen LogP contribution is 2.34. The third-order valence-electron chi connectivity index (χ3n) is 7.17. The van der Waals surface area contributed by atoms with Crippen molar-refractivity contribution in [3.8, 4) is 11.1 Å². The number of aryl methyl sites for hydroxylation is 1. The molecule has 0 spiro atoms. The summed E-state index contributed by atoms with van der Waals surface area (Å²) in [6, 6.07) is 16.7. The van der Waals surface area contributed by atoms with Crippen molar-refractivity contribution in [3.63, 3.8) is 0 Å². The molecule has 1 saturated heterocycles. The Morgan fingerprint density at radius 3 is 2.39 bits per heavy atom. The van der Waals surface area contributed by atoms with Gasteiger partial charge >= 0.3 is 0 Å². The minimum atomic E-state index is -4.21. The molecule has 220 valence electrons. The topological polar surface area (TPSA) is 134 Å². The Hall–Kier alpha value is -3.47. The molecule has 2 heterocycles. The van der Waals surface area contributed by atoms with E-state index in [0.29, 0.717) is 49.5 Å². The van der Waals surface area contributed by atoms with Gasteiger partial charge in [0, 0.05) is 31.3 Å².